The van der Waals surface area contributed by atoms with Gasteiger partial charge in [0.1, 0.15) is 0 Å². The Morgan fingerprint density at radius 3 is 2.71 bits per heavy atom. The lowest BCUT2D eigenvalue weighted by Gasteiger charge is -2.20. The summed E-state index contributed by atoms with van der Waals surface area (Å²) in [6, 6.07) is 10.6. The normalized spacial score (nSPS) is 10.9. The highest BCUT2D eigenvalue weighted by atomic mass is 79.9. The van der Waals surface area contributed by atoms with Crippen molar-refractivity contribution in [2.24, 2.45) is 0 Å². The Kier molecular flexibility index (Phi) is 6.55. The van der Waals surface area contributed by atoms with Gasteiger partial charge in [0, 0.05) is 22.9 Å². The zero-order chi connectivity index (χ0) is 15.2. The summed E-state index contributed by atoms with van der Waals surface area (Å²) in [5.74, 6) is 0. The second-order valence-electron chi connectivity index (χ2n) is 5.02. The van der Waals surface area contributed by atoms with Crippen molar-refractivity contribution < 1.29 is 0 Å². The van der Waals surface area contributed by atoms with E-state index in [0.717, 1.165) is 34.9 Å². The molecule has 2 rings (SSSR count). The maximum absolute atomic E-state index is 5.99. The lowest BCUT2D eigenvalue weighted by Crippen LogP contribution is -2.17. The van der Waals surface area contributed by atoms with Crippen LogP contribution >= 0.6 is 38.9 Å². The van der Waals surface area contributed by atoms with Gasteiger partial charge in [-0.15, -0.1) is 11.3 Å². The average Bonchev–Trinajstić information content (AvgIpc) is 2.84. The summed E-state index contributed by atoms with van der Waals surface area (Å²) in [6.45, 7) is 5.01. The van der Waals surface area contributed by atoms with Crippen molar-refractivity contribution in [3.8, 4) is 0 Å². The molecule has 5 heteroatoms. The van der Waals surface area contributed by atoms with Gasteiger partial charge in [0.15, 0.2) is 0 Å². The molecule has 0 aliphatic heterocycles. The van der Waals surface area contributed by atoms with E-state index in [2.05, 4.69) is 64.4 Å². The van der Waals surface area contributed by atoms with Crippen LogP contribution in [0.25, 0.3) is 0 Å². The molecule has 0 amide bonds. The molecule has 21 heavy (non-hydrogen) atoms. The predicted molar refractivity (Wildman–Crippen MR) is 97.6 cm³/mol. The summed E-state index contributed by atoms with van der Waals surface area (Å²) < 4.78 is 1.97. The highest BCUT2D eigenvalue weighted by molar-refractivity contribution is 9.10. The first kappa shape index (κ1) is 16.8. The van der Waals surface area contributed by atoms with Crippen LogP contribution in [0.2, 0.25) is 4.34 Å². The number of rotatable bonds is 7. The molecule has 0 fully saturated rings. The molecule has 0 saturated heterocycles. The number of anilines is 1. The molecule has 1 aromatic heterocycles. The van der Waals surface area contributed by atoms with Crippen molar-refractivity contribution in [2.75, 3.05) is 18.5 Å². The minimum Gasteiger partial charge on any atom is -0.369 e. The van der Waals surface area contributed by atoms with Crippen molar-refractivity contribution in [1.82, 2.24) is 5.32 Å². The van der Waals surface area contributed by atoms with Gasteiger partial charge in [-0.25, -0.2) is 0 Å². The highest BCUT2D eigenvalue weighted by Gasteiger charge is 2.08. The van der Waals surface area contributed by atoms with Crippen molar-refractivity contribution in [2.45, 2.75) is 26.4 Å². The van der Waals surface area contributed by atoms with Crippen molar-refractivity contribution in [1.29, 1.82) is 0 Å². The van der Waals surface area contributed by atoms with Gasteiger partial charge in [-0.05, 0) is 58.7 Å². The number of thiophene rings is 1. The summed E-state index contributed by atoms with van der Waals surface area (Å²) in [4.78, 5) is 3.50. The van der Waals surface area contributed by atoms with Crippen LogP contribution in [-0.2, 0) is 13.1 Å². The van der Waals surface area contributed by atoms with E-state index in [1.54, 1.807) is 11.3 Å². The Balaban J connectivity index is 2.02. The summed E-state index contributed by atoms with van der Waals surface area (Å²) in [5.41, 5.74) is 2.49. The molecule has 1 N–H and O–H groups in total. The van der Waals surface area contributed by atoms with Crippen LogP contribution in [0.15, 0.2) is 34.8 Å². The topological polar surface area (TPSA) is 15.3 Å². The molecule has 0 atom stereocenters. The molecule has 0 radical (unpaired) electrons. The van der Waals surface area contributed by atoms with Gasteiger partial charge in [0.05, 0.1) is 16.6 Å². The van der Waals surface area contributed by atoms with Crippen LogP contribution in [0.5, 0.6) is 0 Å². The maximum Gasteiger partial charge on any atom is 0.0931 e. The molecule has 0 unspecified atom stereocenters. The molecule has 1 aromatic carbocycles. The fourth-order valence-corrected chi connectivity index (χ4v) is 4.01. The molecule has 1 heterocycles. The minimum absolute atomic E-state index is 0.842. The quantitative estimate of drug-likeness (QED) is 0.648. The van der Waals surface area contributed by atoms with E-state index < -0.39 is 0 Å². The zero-order valence-corrected chi connectivity index (χ0v) is 15.5. The third kappa shape index (κ3) is 4.99. The number of halogens is 2. The van der Waals surface area contributed by atoms with E-state index >= 15 is 0 Å². The van der Waals surface area contributed by atoms with E-state index in [-0.39, 0.29) is 0 Å². The smallest absolute Gasteiger partial charge is 0.0931 e. The van der Waals surface area contributed by atoms with Crippen LogP contribution < -0.4 is 10.2 Å². The Labute approximate surface area is 144 Å². The summed E-state index contributed by atoms with van der Waals surface area (Å²) >= 11 is 11.3. The van der Waals surface area contributed by atoms with E-state index in [9.17, 15) is 0 Å². The molecule has 0 aliphatic carbocycles. The van der Waals surface area contributed by atoms with Crippen LogP contribution in [0.3, 0.4) is 0 Å². The largest absolute Gasteiger partial charge is 0.369 e. The monoisotopic (exact) mass is 386 g/mol. The standard InChI is InChI=1S/C16H20BrClN2S/c1-3-8-19-10-12-4-6-15(14(17)9-12)20(2)11-13-5-7-16(18)21-13/h4-7,9,19H,3,8,10-11H2,1-2H3. The van der Waals surface area contributed by atoms with Crippen molar-refractivity contribution in [3.63, 3.8) is 0 Å². The Morgan fingerprint density at radius 2 is 2.10 bits per heavy atom. The molecule has 0 spiro atoms. The Bertz CT molecular complexity index is 585. The second kappa shape index (κ2) is 8.18. The Morgan fingerprint density at radius 1 is 1.29 bits per heavy atom. The molecular formula is C16H20BrClN2S. The summed E-state index contributed by atoms with van der Waals surface area (Å²) in [5, 5.41) is 3.42. The number of hydrogen-bond acceptors (Lipinski definition) is 3. The van der Waals surface area contributed by atoms with Gasteiger partial charge in [0.2, 0.25) is 0 Å². The van der Waals surface area contributed by atoms with Crippen LogP contribution in [0.4, 0.5) is 5.69 Å². The fourth-order valence-electron chi connectivity index (χ4n) is 2.14. The Hall–Kier alpha value is -0.550. The van der Waals surface area contributed by atoms with Crippen LogP contribution in [0.1, 0.15) is 23.8 Å². The van der Waals surface area contributed by atoms with E-state index in [4.69, 9.17) is 11.6 Å². The summed E-state index contributed by atoms with van der Waals surface area (Å²) in [6.07, 6.45) is 1.16. The third-order valence-electron chi connectivity index (χ3n) is 3.20. The number of hydrogen-bond donors (Lipinski definition) is 1. The van der Waals surface area contributed by atoms with Gasteiger partial charge in [-0.1, -0.05) is 24.6 Å². The first-order valence-corrected chi connectivity index (χ1v) is 9.03. The van der Waals surface area contributed by atoms with Crippen LogP contribution in [-0.4, -0.2) is 13.6 Å². The van der Waals surface area contributed by atoms with Gasteiger partial charge < -0.3 is 10.2 Å². The highest BCUT2D eigenvalue weighted by Crippen LogP contribution is 2.29. The van der Waals surface area contributed by atoms with Gasteiger partial charge in [-0.3, -0.25) is 0 Å². The third-order valence-corrected chi connectivity index (χ3v) is 5.05. The molecule has 114 valence electrons. The lowest BCUT2D eigenvalue weighted by molar-refractivity contribution is 0.675. The number of nitrogens with zero attached hydrogens (tertiary/aromatic N) is 1. The van der Waals surface area contributed by atoms with Gasteiger partial charge in [-0.2, -0.15) is 0 Å². The zero-order valence-electron chi connectivity index (χ0n) is 12.3. The maximum atomic E-state index is 5.99. The molecule has 0 bridgehead atoms. The molecule has 0 saturated carbocycles. The predicted octanol–water partition coefficient (Wildman–Crippen LogP) is 5.30. The number of benzene rings is 1. The first-order valence-electron chi connectivity index (χ1n) is 7.04. The first-order chi connectivity index (χ1) is 10.1. The van der Waals surface area contributed by atoms with Gasteiger partial charge in [0.25, 0.3) is 0 Å². The SMILES string of the molecule is CCCNCc1ccc(N(C)Cc2ccc(Cl)s2)c(Br)c1. The summed E-state index contributed by atoms with van der Waals surface area (Å²) in [7, 11) is 2.10. The van der Waals surface area contributed by atoms with Crippen molar-refractivity contribution >= 4 is 44.6 Å². The van der Waals surface area contributed by atoms with Gasteiger partial charge >= 0.3 is 0 Å². The van der Waals surface area contributed by atoms with E-state index in [1.165, 1.54) is 16.1 Å². The van der Waals surface area contributed by atoms with Crippen molar-refractivity contribution in [3.05, 3.63) is 49.6 Å². The minimum atomic E-state index is 0.842. The number of nitrogens with one attached hydrogen (secondary N) is 1. The molecule has 2 nitrogen and oxygen atoms in total. The lowest BCUT2D eigenvalue weighted by atomic mass is 10.2. The van der Waals surface area contributed by atoms with Crippen LogP contribution in [0, 0.1) is 0 Å². The fraction of sp³-hybridized carbons (Fsp3) is 0.375. The molecule has 2 aromatic rings. The van der Waals surface area contributed by atoms with E-state index in [1.807, 2.05) is 6.07 Å². The molecule has 0 aliphatic rings. The van der Waals surface area contributed by atoms with E-state index in [0.29, 0.717) is 0 Å². The average molecular weight is 388 g/mol. The second-order valence-corrected chi connectivity index (χ2v) is 7.68. The molecular weight excluding hydrogens is 368 g/mol.